The summed E-state index contributed by atoms with van der Waals surface area (Å²) in [5.74, 6) is -1.13. The fraction of sp³-hybridized carbons (Fsp3) is 0.214. The highest BCUT2D eigenvalue weighted by Gasteiger charge is 2.40. The summed E-state index contributed by atoms with van der Waals surface area (Å²) in [6.45, 7) is 1.30. The molecule has 1 fully saturated rings. The van der Waals surface area contributed by atoms with E-state index in [9.17, 15) is 14.4 Å². The second kappa shape index (κ2) is 6.01. The van der Waals surface area contributed by atoms with Gasteiger partial charge in [0.1, 0.15) is 11.8 Å². The van der Waals surface area contributed by atoms with Crippen LogP contribution < -0.4 is 4.74 Å². The zero-order valence-electron chi connectivity index (χ0n) is 11.4. The highest BCUT2D eigenvalue weighted by molar-refractivity contribution is 8.18. The SMILES string of the molecule is COc1ccc(/C=C2\SC(=O)N(C(C)C(=O)O)C2=O)cc1. The number of nitrogens with zero attached hydrogens (tertiary/aromatic N) is 1. The molecule has 1 saturated heterocycles. The van der Waals surface area contributed by atoms with Crippen LogP contribution in [0, 0.1) is 0 Å². The van der Waals surface area contributed by atoms with Gasteiger partial charge in [0.25, 0.3) is 11.1 Å². The van der Waals surface area contributed by atoms with Crippen LogP contribution in [0.4, 0.5) is 4.79 Å². The van der Waals surface area contributed by atoms with E-state index in [4.69, 9.17) is 9.84 Å². The van der Waals surface area contributed by atoms with Gasteiger partial charge in [0.2, 0.25) is 0 Å². The molecule has 1 heterocycles. The van der Waals surface area contributed by atoms with Crippen molar-refractivity contribution < 1.29 is 24.2 Å². The first-order valence-corrected chi connectivity index (χ1v) is 6.89. The third-order valence-corrected chi connectivity index (χ3v) is 3.87. The third kappa shape index (κ3) is 3.08. The fourth-order valence-corrected chi connectivity index (χ4v) is 2.68. The van der Waals surface area contributed by atoms with Crippen LogP contribution >= 0.6 is 11.8 Å². The smallest absolute Gasteiger partial charge is 0.326 e. The molecule has 0 aromatic heterocycles. The van der Waals surface area contributed by atoms with E-state index >= 15 is 0 Å². The lowest BCUT2D eigenvalue weighted by Gasteiger charge is -2.16. The van der Waals surface area contributed by atoms with E-state index in [0.717, 1.165) is 22.2 Å². The second-order valence-corrected chi connectivity index (χ2v) is 5.33. The molecular weight excluding hydrogens is 294 g/mol. The van der Waals surface area contributed by atoms with Crippen molar-refractivity contribution >= 4 is 35.0 Å². The molecule has 21 heavy (non-hydrogen) atoms. The Bertz CT molecular complexity index is 623. The van der Waals surface area contributed by atoms with Crippen LogP contribution in [-0.2, 0) is 9.59 Å². The molecule has 1 aliphatic heterocycles. The molecule has 1 atom stereocenters. The number of methoxy groups -OCH3 is 1. The lowest BCUT2D eigenvalue weighted by atomic mass is 10.2. The third-order valence-electron chi connectivity index (χ3n) is 2.98. The Morgan fingerprint density at radius 1 is 1.33 bits per heavy atom. The maximum absolute atomic E-state index is 12.1. The number of carboxylic acids is 1. The lowest BCUT2D eigenvalue weighted by Crippen LogP contribution is -2.41. The van der Waals surface area contributed by atoms with E-state index in [1.54, 1.807) is 37.5 Å². The van der Waals surface area contributed by atoms with Gasteiger partial charge in [-0.05, 0) is 42.5 Å². The van der Waals surface area contributed by atoms with Crippen molar-refractivity contribution in [1.82, 2.24) is 4.90 Å². The van der Waals surface area contributed by atoms with Crippen LogP contribution in [0.15, 0.2) is 29.2 Å². The van der Waals surface area contributed by atoms with Gasteiger partial charge < -0.3 is 9.84 Å². The molecule has 0 aliphatic carbocycles. The molecule has 0 radical (unpaired) electrons. The Labute approximate surface area is 125 Å². The van der Waals surface area contributed by atoms with Gasteiger partial charge in [-0.15, -0.1) is 0 Å². The van der Waals surface area contributed by atoms with E-state index in [0.29, 0.717) is 5.75 Å². The quantitative estimate of drug-likeness (QED) is 0.859. The average Bonchev–Trinajstić information content (AvgIpc) is 2.73. The molecular formula is C14H13NO5S. The van der Waals surface area contributed by atoms with Crippen LogP contribution in [-0.4, -0.2) is 40.3 Å². The first-order chi connectivity index (χ1) is 9.93. The molecule has 1 unspecified atom stereocenters. The van der Waals surface area contributed by atoms with Crippen LogP contribution in [0.1, 0.15) is 12.5 Å². The Morgan fingerprint density at radius 3 is 2.48 bits per heavy atom. The first-order valence-electron chi connectivity index (χ1n) is 6.08. The van der Waals surface area contributed by atoms with Crippen molar-refractivity contribution in [3.05, 3.63) is 34.7 Å². The Hall–Kier alpha value is -2.28. The van der Waals surface area contributed by atoms with Crippen LogP contribution in [0.5, 0.6) is 5.75 Å². The summed E-state index contributed by atoms with van der Waals surface area (Å²) >= 11 is 0.736. The number of carbonyl (C=O) groups excluding carboxylic acids is 2. The molecule has 2 rings (SSSR count). The van der Waals surface area contributed by atoms with Gasteiger partial charge in [0.15, 0.2) is 0 Å². The predicted octanol–water partition coefficient (Wildman–Crippen LogP) is 2.20. The number of aliphatic carboxylic acids is 1. The molecule has 110 valence electrons. The minimum atomic E-state index is -1.22. The molecule has 1 N–H and O–H groups in total. The van der Waals surface area contributed by atoms with Gasteiger partial charge in [-0.1, -0.05) is 12.1 Å². The monoisotopic (exact) mass is 307 g/mol. The number of carboxylic acid groups (broad SMARTS) is 1. The van der Waals surface area contributed by atoms with Gasteiger partial charge in [-0.2, -0.15) is 0 Å². The number of benzene rings is 1. The molecule has 6 nitrogen and oxygen atoms in total. The maximum atomic E-state index is 12.1. The van der Waals surface area contributed by atoms with Crippen LogP contribution in [0.2, 0.25) is 0 Å². The number of rotatable bonds is 4. The average molecular weight is 307 g/mol. The molecule has 0 saturated carbocycles. The first kappa shape index (κ1) is 15.1. The fourth-order valence-electron chi connectivity index (χ4n) is 1.78. The standard InChI is InChI=1S/C14H13NO5S/c1-8(13(17)18)15-12(16)11(21-14(15)19)7-9-3-5-10(20-2)6-4-9/h3-8H,1-2H3,(H,17,18)/b11-7-. The van der Waals surface area contributed by atoms with Crippen molar-refractivity contribution in [2.75, 3.05) is 7.11 Å². The molecule has 1 aromatic carbocycles. The summed E-state index contributed by atoms with van der Waals surface area (Å²) in [5.41, 5.74) is 0.726. The summed E-state index contributed by atoms with van der Waals surface area (Å²) in [4.78, 5) is 35.8. The van der Waals surface area contributed by atoms with Crippen molar-refractivity contribution in [2.24, 2.45) is 0 Å². The number of carbonyl (C=O) groups is 3. The molecule has 2 amide bonds. The minimum Gasteiger partial charge on any atom is -0.497 e. The van der Waals surface area contributed by atoms with Crippen LogP contribution in [0.25, 0.3) is 6.08 Å². The van der Waals surface area contributed by atoms with Gasteiger partial charge in [0, 0.05) is 0 Å². The maximum Gasteiger partial charge on any atom is 0.326 e. The number of thioether (sulfide) groups is 1. The van der Waals surface area contributed by atoms with Crippen molar-refractivity contribution in [3.8, 4) is 5.75 Å². The van der Waals surface area contributed by atoms with E-state index < -0.39 is 23.2 Å². The Kier molecular flexibility index (Phi) is 4.32. The molecule has 1 aromatic rings. The Morgan fingerprint density at radius 2 is 1.95 bits per heavy atom. The van der Waals surface area contributed by atoms with Crippen molar-refractivity contribution in [1.29, 1.82) is 0 Å². The lowest BCUT2D eigenvalue weighted by molar-refractivity contribution is -0.145. The Balaban J connectivity index is 2.25. The number of ether oxygens (including phenoxy) is 1. The van der Waals surface area contributed by atoms with Crippen molar-refractivity contribution in [3.63, 3.8) is 0 Å². The second-order valence-electron chi connectivity index (χ2n) is 4.34. The molecule has 0 bridgehead atoms. The van der Waals surface area contributed by atoms with E-state index in [2.05, 4.69) is 0 Å². The molecule has 1 aliphatic rings. The normalized spacial score (nSPS) is 18.2. The van der Waals surface area contributed by atoms with Gasteiger partial charge in [0.05, 0.1) is 12.0 Å². The van der Waals surface area contributed by atoms with E-state index in [1.165, 1.54) is 6.92 Å². The van der Waals surface area contributed by atoms with Gasteiger partial charge in [-0.25, -0.2) is 4.79 Å². The largest absolute Gasteiger partial charge is 0.497 e. The molecule has 7 heteroatoms. The summed E-state index contributed by atoms with van der Waals surface area (Å²) in [6.07, 6.45) is 1.55. The van der Waals surface area contributed by atoms with Gasteiger partial charge in [-0.3, -0.25) is 14.5 Å². The number of hydrogen-bond donors (Lipinski definition) is 1. The predicted molar refractivity (Wildman–Crippen MR) is 77.9 cm³/mol. The summed E-state index contributed by atoms with van der Waals surface area (Å²) in [5, 5.41) is 8.35. The summed E-state index contributed by atoms with van der Waals surface area (Å²) in [6, 6.07) is 5.77. The number of hydrogen-bond acceptors (Lipinski definition) is 5. The highest BCUT2D eigenvalue weighted by atomic mass is 32.2. The van der Waals surface area contributed by atoms with E-state index in [-0.39, 0.29) is 4.91 Å². The zero-order chi connectivity index (χ0) is 15.6. The number of amides is 2. The molecule has 0 spiro atoms. The topological polar surface area (TPSA) is 83.9 Å². The zero-order valence-corrected chi connectivity index (χ0v) is 12.2. The summed E-state index contributed by atoms with van der Waals surface area (Å²) < 4.78 is 5.03. The summed E-state index contributed by atoms with van der Waals surface area (Å²) in [7, 11) is 1.55. The van der Waals surface area contributed by atoms with Crippen molar-refractivity contribution in [2.45, 2.75) is 13.0 Å². The van der Waals surface area contributed by atoms with Crippen LogP contribution in [0.3, 0.4) is 0 Å². The number of imide groups is 1. The highest BCUT2D eigenvalue weighted by Crippen LogP contribution is 2.33. The van der Waals surface area contributed by atoms with E-state index in [1.807, 2.05) is 0 Å². The minimum absolute atomic E-state index is 0.207. The van der Waals surface area contributed by atoms with Gasteiger partial charge >= 0.3 is 5.97 Å².